The van der Waals surface area contributed by atoms with Crippen molar-refractivity contribution < 1.29 is 9.21 Å². The molecule has 1 aromatic carbocycles. The summed E-state index contributed by atoms with van der Waals surface area (Å²) in [4.78, 5) is 21.3. The molecule has 4 rings (SSSR count). The van der Waals surface area contributed by atoms with Gasteiger partial charge in [-0.25, -0.2) is 4.98 Å². The monoisotopic (exact) mass is 411 g/mol. The lowest BCUT2D eigenvalue weighted by molar-refractivity contribution is 0.0746. The van der Waals surface area contributed by atoms with Crippen LogP contribution in [0.15, 0.2) is 47.0 Å². The number of piperazine rings is 1. The number of carbonyl (C=O) groups excluding carboxylic acids is 1. The van der Waals surface area contributed by atoms with Crippen LogP contribution in [0.2, 0.25) is 5.02 Å². The Balaban J connectivity index is 1.51. The second-order valence-corrected chi connectivity index (χ2v) is 7.64. The van der Waals surface area contributed by atoms with Crippen LogP contribution in [0.5, 0.6) is 0 Å². The lowest BCUT2D eigenvalue weighted by Crippen LogP contribution is -2.49. The number of hydrogen-bond donors (Lipinski definition) is 0. The first-order chi connectivity index (χ1) is 14.0. The molecule has 0 unspecified atom stereocenters. The van der Waals surface area contributed by atoms with E-state index < -0.39 is 0 Å². The molecule has 0 radical (unpaired) electrons. The Labute approximate surface area is 174 Å². The summed E-state index contributed by atoms with van der Waals surface area (Å²) in [5.74, 6) is 1.97. The third-order valence-corrected chi connectivity index (χ3v) is 5.25. The second-order valence-electron chi connectivity index (χ2n) is 7.23. The Bertz CT molecular complexity index is 1010. The van der Waals surface area contributed by atoms with Gasteiger partial charge in [-0.3, -0.25) is 4.79 Å². The fourth-order valence-electron chi connectivity index (χ4n) is 3.32. The molecular weight excluding hydrogens is 390 g/mol. The van der Waals surface area contributed by atoms with E-state index in [9.17, 15) is 4.79 Å². The van der Waals surface area contributed by atoms with Crippen molar-refractivity contribution in [3.05, 3.63) is 59.1 Å². The maximum absolute atomic E-state index is 12.8. The highest BCUT2D eigenvalue weighted by Gasteiger charge is 2.26. The fourth-order valence-corrected chi connectivity index (χ4v) is 3.54. The van der Waals surface area contributed by atoms with Crippen LogP contribution >= 0.6 is 11.6 Å². The molecule has 0 spiro atoms. The zero-order chi connectivity index (χ0) is 20.4. The van der Waals surface area contributed by atoms with Gasteiger partial charge in [-0.1, -0.05) is 37.6 Å². The van der Waals surface area contributed by atoms with Crippen molar-refractivity contribution in [2.75, 3.05) is 31.1 Å². The van der Waals surface area contributed by atoms with Crippen molar-refractivity contribution in [2.24, 2.45) is 0 Å². The van der Waals surface area contributed by atoms with Gasteiger partial charge in [-0.2, -0.15) is 0 Å². The van der Waals surface area contributed by atoms with Crippen LogP contribution in [0.3, 0.4) is 0 Å². The van der Waals surface area contributed by atoms with Crippen LogP contribution in [-0.4, -0.2) is 52.2 Å². The van der Waals surface area contributed by atoms with Crippen LogP contribution in [0.25, 0.3) is 11.5 Å². The molecule has 0 saturated carbocycles. The molecular formula is C21H22ClN5O2. The fraction of sp³-hybridized carbons (Fsp3) is 0.333. The maximum Gasteiger partial charge on any atom is 0.255 e. The molecule has 1 saturated heterocycles. The molecule has 3 aromatic rings. The Morgan fingerprint density at radius 1 is 1.07 bits per heavy atom. The van der Waals surface area contributed by atoms with Gasteiger partial charge in [0.15, 0.2) is 0 Å². The maximum atomic E-state index is 12.8. The van der Waals surface area contributed by atoms with Crippen molar-refractivity contribution in [1.82, 2.24) is 20.1 Å². The molecule has 7 nitrogen and oxygen atoms in total. The van der Waals surface area contributed by atoms with Gasteiger partial charge >= 0.3 is 0 Å². The van der Waals surface area contributed by atoms with Crippen LogP contribution in [0, 0.1) is 0 Å². The summed E-state index contributed by atoms with van der Waals surface area (Å²) in [6.45, 7) is 6.51. The van der Waals surface area contributed by atoms with Crippen LogP contribution in [0.1, 0.15) is 36.0 Å². The summed E-state index contributed by atoms with van der Waals surface area (Å²) in [6.07, 6.45) is 1.75. The van der Waals surface area contributed by atoms with Gasteiger partial charge in [-0.15, -0.1) is 10.2 Å². The minimum atomic E-state index is -0.0463. The van der Waals surface area contributed by atoms with Gasteiger partial charge in [-0.05, 0) is 24.3 Å². The first-order valence-electron chi connectivity index (χ1n) is 9.62. The number of rotatable bonds is 4. The van der Waals surface area contributed by atoms with Gasteiger partial charge in [0, 0.05) is 38.3 Å². The van der Waals surface area contributed by atoms with Gasteiger partial charge in [0.2, 0.25) is 5.89 Å². The summed E-state index contributed by atoms with van der Waals surface area (Å²) >= 11 is 6.18. The summed E-state index contributed by atoms with van der Waals surface area (Å²) in [7, 11) is 0. The minimum absolute atomic E-state index is 0.0463. The number of hydrogen-bond acceptors (Lipinski definition) is 6. The topological polar surface area (TPSA) is 75.4 Å². The molecule has 0 bridgehead atoms. The molecule has 1 aliphatic heterocycles. The van der Waals surface area contributed by atoms with E-state index in [1.54, 1.807) is 18.3 Å². The van der Waals surface area contributed by atoms with E-state index >= 15 is 0 Å². The molecule has 29 heavy (non-hydrogen) atoms. The third kappa shape index (κ3) is 3.96. The molecule has 150 valence electrons. The molecule has 2 aromatic heterocycles. The molecule has 0 N–H and O–H groups in total. The highest BCUT2D eigenvalue weighted by atomic mass is 35.5. The van der Waals surface area contributed by atoms with Crippen molar-refractivity contribution in [1.29, 1.82) is 0 Å². The number of halogens is 1. The van der Waals surface area contributed by atoms with E-state index in [1.807, 2.05) is 43.0 Å². The lowest BCUT2D eigenvalue weighted by atomic mass is 10.1. The highest BCUT2D eigenvalue weighted by Crippen LogP contribution is 2.30. The smallest absolute Gasteiger partial charge is 0.255 e. The Morgan fingerprint density at radius 2 is 1.83 bits per heavy atom. The number of anilines is 1. The highest BCUT2D eigenvalue weighted by molar-refractivity contribution is 6.33. The summed E-state index contributed by atoms with van der Waals surface area (Å²) < 4.78 is 5.82. The van der Waals surface area contributed by atoms with Crippen LogP contribution < -0.4 is 4.90 Å². The Kier molecular flexibility index (Phi) is 5.49. The Hall–Kier alpha value is -2.93. The van der Waals surface area contributed by atoms with Gasteiger partial charge < -0.3 is 14.2 Å². The predicted octanol–water partition coefficient (Wildman–Crippen LogP) is 3.87. The molecule has 8 heteroatoms. The second kappa shape index (κ2) is 8.21. The number of benzene rings is 1. The van der Waals surface area contributed by atoms with Crippen molar-refractivity contribution in [2.45, 2.75) is 19.8 Å². The molecule has 1 fully saturated rings. The summed E-state index contributed by atoms with van der Waals surface area (Å²) in [5, 5.41) is 8.80. The first kappa shape index (κ1) is 19.4. The number of amides is 1. The van der Waals surface area contributed by atoms with Crippen LogP contribution in [0.4, 0.5) is 5.82 Å². The third-order valence-electron chi connectivity index (χ3n) is 4.92. The SMILES string of the molecule is CC(C)c1nnc(-c2cccnc2N2CCN(C(=O)c3ccccc3Cl)CC2)o1. The van der Waals surface area contributed by atoms with E-state index in [2.05, 4.69) is 20.1 Å². The van der Waals surface area contributed by atoms with Crippen molar-refractivity contribution in [3.63, 3.8) is 0 Å². The van der Waals surface area contributed by atoms with Gasteiger partial charge in [0.1, 0.15) is 5.82 Å². The standard InChI is InChI=1S/C21H22ClN5O2/c1-14(2)19-24-25-20(29-19)16-7-5-9-23-18(16)26-10-12-27(13-11-26)21(28)15-6-3-4-8-17(15)22/h3-9,14H,10-13H2,1-2H3. The zero-order valence-corrected chi connectivity index (χ0v) is 17.1. The summed E-state index contributed by atoms with van der Waals surface area (Å²) in [6, 6.07) is 10.9. The van der Waals surface area contributed by atoms with Gasteiger partial charge in [0.25, 0.3) is 11.8 Å². The first-order valence-corrected chi connectivity index (χ1v) is 10.00. The van der Waals surface area contributed by atoms with E-state index in [1.165, 1.54) is 0 Å². The number of pyridine rings is 1. The largest absolute Gasteiger partial charge is 0.420 e. The van der Waals surface area contributed by atoms with Crippen molar-refractivity contribution >= 4 is 23.3 Å². The number of aromatic nitrogens is 3. The molecule has 0 atom stereocenters. The zero-order valence-electron chi connectivity index (χ0n) is 16.4. The van der Waals surface area contributed by atoms with Gasteiger partial charge in [0.05, 0.1) is 16.1 Å². The molecule has 1 aliphatic rings. The molecule has 3 heterocycles. The number of nitrogens with zero attached hydrogens (tertiary/aromatic N) is 5. The predicted molar refractivity (Wildman–Crippen MR) is 111 cm³/mol. The van der Waals surface area contributed by atoms with E-state index in [4.69, 9.17) is 16.0 Å². The van der Waals surface area contributed by atoms with E-state index in [0.29, 0.717) is 48.5 Å². The average Bonchev–Trinajstić information content (AvgIpc) is 3.24. The molecule has 0 aliphatic carbocycles. The normalized spacial score (nSPS) is 14.5. The van der Waals surface area contributed by atoms with E-state index in [0.717, 1.165) is 11.4 Å². The number of carbonyl (C=O) groups is 1. The average molecular weight is 412 g/mol. The molecule has 1 amide bonds. The van der Waals surface area contributed by atoms with Crippen LogP contribution in [-0.2, 0) is 0 Å². The summed E-state index contributed by atoms with van der Waals surface area (Å²) in [5.41, 5.74) is 1.34. The van der Waals surface area contributed by atoms with Crippen molar-refractivity contribution in [3.8, 4) is 11.5 Å². The van der Waals surface area contributed by atoms with E-state index in [-0.39, 0.29) is 11.8 Å². The lowest BCUT2D eigenvalue weighted by Gasteiger charge is -2.36. The Morgan fingerprint density at radius 3 is 2.52 bits per heavy atom. The minimum Gasteiger partial charge on any atom is -0.420 e. The quantitative estimate of drug-likeness (QED) is 0.648.